The Morgan fingerprint density at radius 2 is 1.15 bits per heavy atom. The molecule has 13 rings (SSSR count). The van der Waals surface area contributed by atoms with Crippen LogP contribution in [0.4, 0.5) is 0 Å². The monoisotopic (exact) mass is 1320 g/mol. The third-order valence-corrected chi connectivity index (χ3v) is 16.4. The molecule has 0 unspecified atom stereocenters. The Hall–Kier alpha value is -11.0. The number of amides is 8. The zero-order valence-corrected chi connectivity index (χ0v) is 51.3. The van der Waals surface area contributed by atoms with Crippen molar-refractivity contribution < 1.29 is 88.3 Å². The summed E-state index contributed by atoms with van der Waals surface area (Å²) < 4.78 is 18.6. The van der Waals surface area contributed by atoms with E-state index >= 15 is 24.0 Å². The van der Waals surface area contributed by atoms with Gasteiger partial charge in [0.2, 0.25) is 53.0 Å². The number of phenols is 6. The van der Waals surface area contributed by atoms with E-state index in [4.69, 9.17) is 37.4 Å². The van der Waals surface area contributed by atoms with Crippen LogP contribution < -0.4 is 56.7 Å². The number of nitrogens with one attached hydrogen (secondary N) is 8. The van der Waals surface area contributed by atoms with Gasteiger partial charge in [-0.05, 0) is 145 Å². The Bertz CT molecular complexity index is 4300. The minimum Gasteiger partial charge on any atom is -0.508 e. The van der Waals surface area contributed by atoms with Crippen LogP contribution in [0.1, 0.15) is 88.6 Å². The van der Waals surface area contributed by atoms with Gasteiger partial charge < -0.3 is 97.4 Å². The summed E-state index contributed by atoms with van der Waals surface area (Å²) >= 11 is 13.8. The van der Waals surface area contributed by atoms with Gasteiger partial charge in [0.05, 0.1) is 10.0 Å². The molecule has 0 saturated heterocycles. The van der Waals surface area contributed by atoms with E-state index in [1.807, 2.05) is 19.0 Å². The normalized spacial score (nSPS) is 21.0. The number of nitrogens with zero attached hydrogens (tertiary/aromatic N) is 1. The van der Waals surface area contributed by atoms with Gasteiger partial charge >= 0.3 is 0 Å². The van der Waals surface area contributed by atoms with Gasteiger partial charge in [0.25, 0.3) is 0 Å². The SMILES string of the molecule is CC(=O)[15NH][C@@H]1C(=O)N[C@@H]2Cc3ccc(c(Cl)c3)Oc3cc4cc(c3O)Oc3ccc(cc3Cl)[C@@H](O)[C@@H]3NC(=O)[C@H](NC(=O)[C@@H]4NC(=O)[C@@H](NC2=O)c2cc(O)cc(c2)Oc2cc1ccc2O)c1ccc(O)c(c1)-c1c(O)cc(O)cc1[C@H](C(=O)NCCCN(C)C)NC3=O. The first kappa shape index (κ1) is 64.5. The van der Waals surface area contributed by atoms with Crippen molar-refractivity contribution in [2.45, 2.75) is 68.2 Å². The largest absolute Gasteiger partial charge is 0.508 e. The second-order valence-electron chi connectivity index (χ2n) is 22.9. The van der Waals surface area contributed by atoms with Crippen molar-refractivity contribution in [2.24, 2.45) is 0 Å². The lowest BCUT2D eigenvalue weighted by atomic mass is 9.89. The molecule has 6 aliphatic rings. The molecule has 29 heteroatoms. The summed E-state index contributed by atoms with van der Waals surface area (Å²) in [7, 11) is 3.62. The van der Waals surface area contributed by atoms with Gasteiger partial charge in [-0.1, -0.05) is 47.5 Å². The Morgan fingerprint density at radius 3 is 1.82 bits per heavy atom. The number of ether oxygens (including phenoxy) is 3. The van der Waals surface area contributed by atoms with Gasteiger partial charge in [0.1, 0.15) is 88.6 Å². The van der Waals surface area contributed by atoms with Gasteiger partial charge in [0.15, 0.2) is 23.0 Å². The van der Waals surface area contributed by atoms with Crippen LogP contribution in [-0.4, -0.2) is 127 Å². The van der Waals surface area contributed by atoms with Crippen LogP contribution in [0.5, 0.6) is 69.0 Å². The highest BCUT2D eigenvalue weighted by Gasteiger charge is 2.42. The molecular weight excluding hydrogens is 1270 g/mol. The summed E-state index contributed by atoms with van der Waals surface area (Å²) in [4.78, 5) is 121. The summed E-state index contributed by atoms with van der Waals surface area (Å²) in [5, 5.41) is 102. The van der Waals surface area contributed by atoms with E-state index in [1.165, 1.54) is 60.7 Å². The van der Waals surface area contributed by atoms with Crippen LogP contribution in [0.25, 0.3) is 11.1 Å². The predicted octanol–water partition coefficient (Wildman–Crippen LogP) is 5.15. The summed E-state index contributed by atoms with van der Waals surface area (Å²) in [6, 6.07) is 8.86. The zero-order chi connectivity index (χ0) is 67.1. The molecule has 486 valence electrons. The van der Waals surface area contributed by atoms with E-state index in [-0.39, 0.29) is 96.1 Å². The number of benzene rings is 7. The first-order valence-electron chi connectivity index (χ1n) is 29.0. The first-order valence-corrected chi connectivity index (χ1v) is 29.8. The number of carbonyl (C=O) groups is 8. The molecule has 0 aliphatic carbocycles. The fourth-order valence-corrected chi connectivity index (χ4v) is 11.7. The van der Waals surface area contributed by atoms with E-state index in [0.717, 1.165) is 61.5 Å². The molecule has 8 atom stereocenters. The Labute approximate surface area is 543 Å². The Balaban J connectivity index is 1.12. The second-order valence-corrected chi connectivity index (χ2v) is 23.7. The van der Waals surface area contributed by atoms with Crippen molar-refractivity contribution in [1.29, 1.82) is 0 Å². The number of fused-ring (bicyclic) bond motifs is 14. The lowest BCUT2D eigenvalue weighted by Gasteiger charge is -2.31. The fourth-order valence-electron chi connectivity index (χ4n) is 11.3. The van der Waals surface area contributed by atoms with Crippen molar-refractivity contribution >= 4 is 70.5 Å². The van der Waals surface area contributed by atoms with E-state index in [1.54, 1.807) is 0 Å². The van der Waals surface area contributed by atoms with Gasteiger partial charge in [-0.3, -0.25) is 38.4 Å². The molecular formula is C65H59Cl2N9O18. The van der Waals surface area contributed by atoms with Gasteiger partial charge in [-0.15, -0.1) is 0 Å². The van der Waals surface area contributed by atoms with Crippen molar-refractivity contribution in [3.63, 3.8) is 0 Å². The minimum atomic E-state index is -2.18. The van der Waals surface area contributed by atoms with Crippen LogP contribution in [0.15, 0.2) is 115 Å². The van der Waals surface area contributed by atoms with Crippen LogP contribution in [0, 0.1) is 0 Å². The summed E-state index contributed by atoms with van der Waals surface area (Å²) in [5.41, 5.74) is -1.60. The maximum atomic E-state index is 15.9. The average molecular weight is 1330 g/mol. The molecule has 27 nitrogen and oxygen atoms in total. The minimum absolute atomic E-state index is 0.0474. The Kier molecular flexibility index (Phi) is 18.1. The number of phenolic OH excluding ortho intramolecular Hbond substituents is 6. The number of carbonyl (C=O) groups excluding carboxylic acids is 8. The van der Waals surface area contributed by atoms with E-state index < -0.39 is 142 Å². The molecule has 0 spiro atoms. The molecule has 0 fully saturated rings. The van der Waals surface area contributed by atoms with Crippen LogP contribution in [-0.2, 0) is 44.8 Å². The highest BCUT2D eigenvalue weighted by molar-refractivity contribution is 6.32. The molecule has 94 heavy (non-hydrogen) atoms. The molecule has 7 aromatic rings. The highest BCUT2D eigenvalue weighted by Crippen LogP contribution is 2.48. The molecule has 0 saturated carbocycles. The number of hydrogen-bond acceptors (Lipinski definition) is 19. The standard InChI is InChI=1S/C65H59Cl2N9O18/c1-27(77)69-51-30-7-10-43(81)47(21-30)92-36-18-32(17-34(78)24-36)53-63(89)73-54-33-22-48(93-45-11-5-28(15-39(45)66)16-41(59(85)71-53)70-61(51)87)58(84)49(23-33)94-46-12-8-31(20-40(46)67)57(83)56-65(91)74-55(60(86)68-13-4-14-76(2)3)38-25-35(79)26-44(82)50(38)37-19-29(6-9-42(37)80)52(62(88)75-56)72-64(54)90/h5-12,15,17-26,41,51-57,78-84H,4,13-14,16H2,1-3H3,(H,68,86)(H,69,77)(H,70,87)(H,71,85)(H,72,90)(H,73,89)(H,74,91)(H,75,88)/t41-,51+,52-,53+,54-,55-,56+,57-/m1/s1/i69+1. The Morgan fingerprint density at radius 1 is 0.553 bits per heavy atom. The van der Waals surface area contributed by atoms with Crippen molar-refractivity contribution in [2.75, 3.05) is 27.2 Å². The average Bonchev–Trinajstić information content (AvgIpc) is 0.779. The quantitative estimate of drug-likeness (QED) is 0.0756. The topological polar surface area (TPSA) is 405 Å². The van der Waals surface area contributed by atoms with E-state index in [0.29, 0.717) is 13.0 Å². The summed E-state index contributed by atoms with van der Waals surface area (Å²) in [5.74, 6) is -14.5. The van der Waals surface area contributed by atoms with Gasteiger partial charge in [-0.25, -0.2) is 0 Å². The van der Waals surface area contributed by atoms with E-state index in [2.05, 4.69) is 42.5 Å². The van der Waals surface area contributed by atoms with Gasteiger partial charge in [-0.2, -0.15) is 0 Å². The van der Waals surface area contributed by atoms with Crippen molar-refractivity contribution in [3.05, 3.63) is 164 Å². The fraction of sp³-hybridized carbons (Fsp3) is 0.231. The third kappa shape index (κ3) is 13.5. The second kappa shape index (κ2) is 26.3. The van der Waals surface area contributed by atoms with E-state index in [9.17, 15) is 50.1 Å². The highest BCUT2D eigenvalue weighted by atomic mass is 35.5. The molecule has 15 N–H and O–H groups in total. The third-order valence-electron chi connectivity index (χ3n) is 15.8. The lowest BCUT2D eigenvalue weighted by Crippen LogP contribution is -2.56. The number of hydrogen-bond donors (Lipinski definition) is 15. The van der Waals surface area contributed by atoms with Crippen molar-refractivity contribution in [1.82, 2.24) is 47.4 Å². The molecule has 6 heterocycles. The maximum Gasteiger partial charge on any atom is 0.248 e. The zero-order valence-electron chi connectivity index (χ0n) is 49.7. The predicted molar refractivity (Wildman–Crippen MR) is 333 cm³/mol. The van der Waals surface area contributed by atoms with Gasteiger partial charge in [0, 0.05) is 43.1 Å². The number of aliphatic hydroxyl groups is 1. The molecule has 7 aromatic carbocycles. The van der Waals surface area contributed by atoms with Crippen molar-refractivity contribution in [3.8, 4) is 80.1 Å². The maximum absolute atomic E-state index is 15.9. The lowest BCUT2D eigenvalue weighted by molar-refractivity contribution is -0.137. The van der Waals surface area contributed by atoms with Crippen LogP contribution >= 0.6 is 23.2 Å². The number of aliphatic hydroxyl groups excluding tert-OH is 1. The summed E-state index contributed by atoms with van der Waals surface area (Å²) in [6.07, 6.45) is -2.07. The van der Waals surface area contributed by atoms with Crippen LogP contribution in [0.3, 0.4) is 0 Å². The number of halogens is 2. The first-order chi connectivity index (χ1) is 44.8. The number of rotatable bonds is 6. The molecule has 17 bridgehead atoms. The summed E-state index contributed by atoms with van der Waals surface area (Å²) in [6.45, 7) is 1.70. The molecule has 0 radical (unpaired) electrons. The molecule has 0 aromatic heterocycles. The van der Waals surface area contributed by atoms with Crippen LogP contribution in [0.2, 0.25) is 10.0 Å². The molecule has 6 aliphatic heterocycles. The molecule has 8 amide bonds. The number of aromatic hydroxyl groups is 6. The smallest absolute Gasteiger partial charge is 0.248 e.